The van der Waals surface area contributed by atoms with Crippen LogP contribution in [-0.2, 0) is 16.0 Å². The Labute approximate surface area is 118 Å². The number of rotatable bonds is 12. The predicted octanol–water partition coefficient (Wildman–Crippen LogP) is 0.428. The van der Waals surface area contributed by atoms with Crippen LogP contribution in [0.5, 0.6) is 0 Å². The average Bonchev–Trinajstić information content (AvgIpc) is 2.86. The van der Waals surface area contributed by atoms with Crippen LogP contribution in [0.2, 0.25) is 0 Å². The lowest BCUT2D eigenvalue weighted by molar-refractivity contribution is 0.149. The normalized spacial score (nSPS) is 11.1. The molecule has 0 aliphatic heterocycles. The summed E-state index contributed by atoms with van der Waals surface area (Å²) in [5, 5.41) is 15.8. The van der Waals surface area contributed by atoms with E-state index in [1.54, 1.807) is 18.9 Å². The maximum Gasteiger partial charge on any atom is 0.209 e. The van der Waals surface area contributed by atoms with Gasteiger partial charge in [0.05, 0.1) is 13.2 Å². The molecule has 110 valence electrons. The monoisotopic (exact) mass is 289 g/mol. The fourth-order valence-electron chi connectivity index (χ4n) is 1.39. The van der Waals surface area contributed by atoms with Gasteiger partial charge in [-0.15, -0.1) is 5.10 Å². The highest BCUT2D eigenvalue weighted by Gasteiger charge is 2.05. The Morgan fingerprint density at radius 1 is 1.32 bits per heavy atom. The summed E-state index contributed by atoms with van der Waals surface area (Å²) in [4.78, 5) is 0. The van der Waals surface area contributed by atoms with Gasteiger partial charge in [0.1, 0.15) is 0 Å². The van der Waals surface area contributed by atoms with Gasteiger partial charge in [-0.25, -0.2) is 4.68 Å². The quantitative estimate of drug-likeness (QED) is 0.442. The van der Waals surface area contributed by atoms with E-state index < -0.39 is 0 Å². The van der Waals surface area contributed by atoms with Crippen molar-refractivity contribution in [1.82, 2.24) is 25.5 Å². The highest BCUT2D eigenvalue weighted by Crippen LogP contribution is 2.14. The van der Waals surface area contributed by atoms with Crippen LogP contribution in [0.15, 0.2) is 5.16 Å². The van der Waals surface area contributed by atoms with E-state index in [4.69, 9.17) is 9.47 Å². The van der Waals surface area contributed by atoms with Crippen molar-refractivity contribution in [1.29, 1.82) is 0 Å². The van der Waals surface area contributed by atoms with Gasteiger partial charge in [0, 0.05) is 39.2 Å². The summed E-state index contributed by atoms with van der Waals surface area (Å²) >= 11 is 1.67. The molecule has 0 amide bonds. The lowest BCUT2D eigenvalue weighted by Gasteiger charge is -2.06. The van der Waals surface area contributed by atoms with Crippen LogP contribution in [0.25, 0.3) is 0 Å². The summed E-state index contributed by atoms with van der Waals surface area (Å²) < 4.78 is 12.1. The van der Waals surface area contributed by atoms with Crippen LogP contribution in [-0.4, -0.2) is 66.0 Å². The standard InChI is InChI=1S/C11H23N5O2S/c1-3-18-8-4-10-19-11-13-14-15-16(11)7-5-12-6-9-17-2/h12H,3-10H2,1-2H3. The van der Waals surface area contributed by atoms with Crippen LogP contribution in [0, 0.1) is 0 Å². The summed E-state index contributed by atoms with van der Waals surface area (Å²) in [7, 11) is 1.69. The van der Waals surface area contributed by atoms with Gasteiger partial charge in [-0.2, -0.15) is 0 Å². The smallest absolute Gasteiger partial charge is 0.209 e. The third kappa shape index (κ3) is 7.46. The van der Waals surface area contributed by atoms with Crippen molar-refractivity contribution in [3.8, 4) is 0 Å². The van der Waals surface area contributed by atoms with Crippen molar-refractivity contribution in [2.24, 2.45) is 0 Å². The molecule has 7 nitrogen and oxygen atoms in total. The van der Waals surface area contributed by atoms with E-state index in [-0.39, 0.29) is 0 Å². The maximum absolute atomic E-state index is 5.29. The summed E-state index contributed by atoms with van der Waals surface area (Å²) in [6, 6.07) is 0. The molecular formula is C11H23N5O2S. The molecule has 1 N–H and O–H groups in total. The zero-order chi connectivity index (χ0) is 13.8. The second-order valence-electron chi connectivity index (χ2n) is 3.83. The first-order valence-electron chi connectivity index (χ1n) is 6.54. The average molecular weight is 289 g/mol. The molecule has 1 heterocycles. The van der Waals surface area contributed by atoms with E-state index in [9.17, 15) is 0 Å². The van der Waals surface area contributed by atoms with Gasteiger partial charge in [-0.1, -0.05) is 11.8 Å². The molecule has 0 saturated carbocycles. The largest absolute Gasteiger partial charge is 0.383 e. The number of ether oxygens (including phenoxy) is 2. The molecule has 1 rings (SSSR count). The molecule has 0 aromatic carbocycles. The van der Waals surface area contributed by atoms with Crippen molar-refractivity contribution in [2.45, 2.75) is 25.0 Å². The van der Waals surface area contributed by atoms with E-state index in [1.807, 2.05) is 11.6 Å². The first-order valence-corrected chi connectivity index (χ1v) is 7.53. The number of methoxy groups -OCH3 is 1. The molecule has 0 spiro atoms. The second-order valence-corrected chi connectivity index (χ2v) is 4.89. The molecule has 0 bridgehead atoms. The Bertz CT molecular complexity index is 295. The Hall–Kier alpha value is -0.700. The van der Waals surface area contributed by atoms with Gasteiger partial charge >= 0.3 is 0 Å². The first kappa shape index (κ1) is 16.4. The van der Waals surface area contributed by atoms with Crippen LogP contribution in [0.1, 0.15) is 13.3 Å². The SMILES string of the molecule is CCOCCCSc1nnnn1CCNCCOC. The Morgan fingerprint density at radius 3 is 3.00 bits per heavy atom. The first-order chi connectivity index (χ1) is 9.38. The lowest BCUT2D eigenvalue weighted by atomic mass is 10.5. The molecule has 0 aliphatic carbocycles. The molecule has 8 heteroatoms. The molecule has 0 unspecified atom stereocenters. The fourth-order valence-corrected chi connectivity index (χ4v) is 2.21. The maximum atomic E-state index is 5.29. The molecular weight excluding hydrogens is 266 g/mol. The number of thioether (sulfide) groups is 1. The lowest BCUT2D eigenvalue weighted by Crippen LogP contribution is -2.24. The summed E-state index contributed by atoms with van der Waals surface area (Å²) in [6.45, 7) is 6.74. The van der Waals surface area contributed by atoms with Crippen molar-refractivity contribution in [2.75, 3.05) is 45.8 Å². The summed E-state index contributed by atoms with van der Waals surface area (Å²) in [6.07, 6.45) is 1.01. The zero-order valence-corrected chi connectivity index (χ0v) is 12.5. The predicted molar refractivity (Wildman–Crippen MR) is 74.4 cm³/mol. The minimum Gasteiger partial charge on any atom is -0.383 e. The molecule has 0 saturated heterocycles. The van der Waals surface area contributed by atoms with Gasteiger partial charge in [0.25, 0.3) is 0 Å². The minimum atomic E-state index is 0.717. The molecule has 19 heavy (non-hydrogen) atoms. The van der Waals surface area contributed by atoms with Crippen molar-refractivity contribution >= 4 is 11.8 Å². The molecule has 1 aromatic heterocycles. The number of hydrogen-bond donors (Lipinski definition) is 1. The van der Waals surface area contributed by atoms with Crippen molar-refractivity contribution in [3.63, 3.8) is 0 Å². The number of tetrazole rings is 1. The van der Waals surface area contributed by atoms with Gasteiger partial charge < -0.3 is 14.8 Å². The molecule has 1 aromatic rings. The second kappa shape index (κ2) is 11.2. The Balaban J connectivity index is 2.15. The van der Waals surface area contributed by atoms with Crippen molar-refractivity contribution in [3.05, 3.63) is 0 Å². The highest BCUT2D eigenvalue weighted by atomic mass is 32.2. The molecule has 0 aliphatic rings. The van der Waals surface area contributed by atoms with Gasteiger partial charge in [-0.3, -0.25) is 0 Å². The van der Waals surface area contributed by atoms with E-state index in [2.05, 4.69) is 20.8 Å². The minimum absolute atomic E-state index is 0.717. The topological polar surface area (TPSA) is 74.1 Å². The number of nitrogens with zero attached hydrogens (tertiary/aromatic N) is 4. The zero-order valence-electron chi connectivity index (χ0n) is 11.7. The highest BCUT2D eigenvalue weighted by molar-refractivity contribution is 7.99. The Kier molecular flexibility index (Phi) is 9.60. The van der Waals surface area contributed by atoms with Gasteiger partial charge in [0.2, 0.25) is 5.16 Å². The number of aromatic nitrogens is 4. The van der Waals surface area contributed by atoms with Crippen LogP contribution < -0.4 is 5.32 Å². The van der Waals surface area contributed by atoms with Crippen LogP contribution >= 0.6 is 11.8 Å². The van der Waals surface area contributed by atoms with Crippen molar-refractivity contribution < 1.29 is 9.47 Å². The van der Waals surface area contributed by atoms with Gasteiger partial charge in [0.15, 0.2) is 0 Å². The van der Waals surface area contributed by atoms with E-state index in [0.717, 1.165) is 50.2 Å². The van der Waals surface area contributed by atoms with Gasteiger partial charge in [-0.05, 0) is 23.8 Å². The van der Waals surface area contributed by atoms with E-state index in [1.165, 1.54) is 0 Å². The summed E-state index contributed by atoms with van der Waals surface area (Å²) in [5.74, 6) is 0.970. The summed E-state index contributed by atoms with van der Waals surface area (Å²) in [5.41, 5.74) is 0. The Morgan fingerprint density at radius 2 is 2.21 bits per heavy atom. The van der Waals surface area contributed by atoms with Crippen LogP contribution in [0.4, 0.5) is 0 Å². The molecule has 0 fully saturated rings. The number of nitrogens with one attached hydrogen (secondary N) is 1. The van der Waals surface area contributed by atoms with E-state index in [0.29, 0.717) is 6.61 Å². The third-order valence-electron chi connectivity index (χ3n) is 2.35. The number of hydrogen-bond acceptors (Lipinski definition) is 7. The molecule has 0 radical (unpaired) electrons. The molecule has 0 atom stereocenters. The van der Waals surface area contributed by atoms with Crippen LogP contribution in [0.3, 0.4) is 0 Å². The fraction of sp³-hybridized carbons (Fsp3) is 0.909. The third-order valence-corrected chi connectivity index (χ3v) is 3.39. The van der Waals surface area contributed by atoms with E-state index >= 15 is 0 Å².